The molecule has 0 unspecified atom stereocenters. The monoisotopic (exact) mass is 435 g/mol. The zero-order valence-electron chi connectivity index (χ0n) is 19.3. The van der Waals surface area contributed by atoms with Crippen molar-refractivity contribution in [3.8, 4) is 0 Å². The van der Waals surface area contributed by atoms with Crippen LogP contribution in [0.25, 0.3) is 11.0 Å². The second-order valence-corrected chi connectivity index (χ2v) is 8.23. The lowest BCUT2D eigenvalue weighted by Gasteiger charge is -2.26. The van der Waals surface area contributed by atoms with Crippen LogP contribution in [0, 0.1) is 0 Å². The summed E-state index contributed by atoms with van der Waals surface area (Å²) in [6.45, 7) is 8.99. The van der Waals surface area contributed by atoms with Crippen LogP contribution in [0.15, 0.2) is 30.5 Å². The van der Waals surface area contributed by atoms with Gasteiger partial charge in [-0.2, -0.15) is 5.10 Å². The van der Waals surface area contributed by atoms with Crippen LogP contribution in [0.4, 0.5) is 5.69 Å². The van der Waals surface area contributed by atoms with E-state index < -0.39 is 0 Å². The number of benzene rings is 1. The molecule has 7 heteroatoms. The molecule has 3 aromatic rings. The highest BCUT2D eigenvalue weighted by atomic mass is 16.5. The number of aromatic nitrogens is 3. The van der Waals surface area contributed by atoms with Crippen molar-refractivity contribution in [2.75, 3.05) is 18.5 Å². The Morgan fingerprint density at radius 1 is 1.19 bits per heavy atom. The number of anilines is 1. The summed E-state index contributed by atoms with van der Waals surface area (Å²) < 4.78 is 7.48. The molecule has 2 N–H and O–H groups in total. The largest absolute Gasteiger partial charge is 0.381 e. The van der Waals surface area contributed by atoms with E-state index in [9.17, 15) is 4.79 Å². The molecule has 0 aliphatic carbocycles. The smallest absolute Gasteiger partial charge is 0.251 e. The molecule has 0 spiro atoms. The highest BCUT2D eigenvalue weighted by Gasteiger charge is 2.22. The van der Waals surface area contributed by atoms with Gasteiger partial charge in [0, 0.05) is 49.2 Å². The Labute approximate surface area is 189 Å². The Kier molecular flexibility index (Phi) is 7.05. The van der Waals surface area contributed by atoms with Gasteiger partial charge in [-0.1, -0.05) is 26.0 Å². The summed E-state index contributed by atoms with van der Waals surface area (Å²) in [6.07, 6.45) is 5.50. The molecule has 1 fully saturated rings. The number of carbonyl (C=O) groups excluding carboxylic acids is 1. The second kappa shape index (κ2) is 10.1. The Bertz CT molecular complexity index is 1090. The number of carbonyl (C=O) groups is 1. The van der Waals surface area contributed by atoms with Gasteiger partial charge in [-0.25, -0.2) is 9.67 Å². The van der Waals surface area contributed by atoms with Crippen LogP contribution in [0.1, 0.15) is 60.8 Å². The molecule has 1 aromatic carbocycles. The molecule has 2 aromatic heterocycles. The molecule has 0 bridgehead atoms. The molecule has 1 amide bonds. The number of rotatable bonds is 8. The molecule has 0 atom stereocenters. The maximum absolute atomic E-state index is 12.9. The summed E-state index contributed by atoms with van der Waals surface area (Å²) in [5.74, 6) is -0.0660. The summed E-state index contributed by atoms with van der Waals surface area (Å²) in [5.41, 5.74) is 5.82. The zero-order valence-corrected chi connectivity index (χ0v) is 19.3. The first kappa shape index (κ1) is 22.3. The first-order valence-corrected chi connectivity index (χ1v) is 11.7. The standard InChI is InChI=1S/C25H33N5O2/c1-4-17-8-7-9-18(14-17)25(31)26-15-20-22(5-2)29-24-21(16-27-30(24)6-3)23(20)28-19-10-12-32-13-11-19/h7-9,14,16,19H,4-6,10-13,15H2,1-3H3,(H,26,31)(H,28,29). The van der Waals surface area contributed by atoms with Crippen molar-refractivity contribution in [1.29, 1.82) is 0 Å². The number of pyridine rings is 1. The van der Waals surface area contributed by atoms with Crippen LogP contribution in [0.2, 0.25) is 0 Å². The minimum absolute atomic E-state index is 0.0660. The summed E-state index contributed by atoms with van der Waals surface area (Å²) in [6, 6.07) is 8.15. The van der Waals surface area contributed by atoms with Crippen LogP contribution < -0.4 is 10.6 Å². The van der Waals surface area contributed by atoms with Gasteiger partial charge in [0.05, 0.1) is 17.3 Å². The molecule has 7 nitrogen and oxygen atoms in total. The lowest BCUT2D eigenvalue weighted by Crippen LogP contribution is -2.30. The van der Waals surface area contributed by atoms with E-state index in [1.165, 1.54) is 0 Å². The Morgan fingerprint density at radius 3 is 2.72 bits per heavy atom. The average Bonchev–Trinajstić information content (AvgIpc) is 3.26. The Hall–Kier alpha value is -2.93. The highest BCUT2D eigenvalue weighted by Crippen LogP contribution is 2.31. The van der Waals surface area contributed by atoms with Crippen molar-refractivity contribution in [2.45, 2.75) is 65.6 Å². The maximum atomic E-state index is 12.9. The quantitative estimate of drug-likeness (QED) is 0.557. The van der Waals surface area contributed by atoms with E-state index in [4.69, 9.17) is 9.72 Å². The first-order valence-electron chi connectivity index (χ1n) is 11.7. The molecule has 3 heterocycles. The van der Waals surface area contributed by atoms with E-state index in [0.29, 0.717) is 18.2 Å². The minimum atomic E-state index is -0.0660. The third-order valence-electron chi connectivity index (χ3n) is 6.20. The van der Waals surface area contributed by atoms with E-state index in [-0.39, 0.29) is 5.91 Å². The number of aryl methyl sites for hydroxylation is 3. The average molecular weight is 436 g/mol. The summed E-state index contributed by atoms with van der Waals surface area (Å²) in [7, 11) is 0. The Balaban J connectivity index is 1.67. The predicted molar refractivity (Wildman–Crippen MR) is 127 cm³/mol. The number of amides is 1. The summed E-state index contributed by atoms with van der Waals surface area (Å²) in [4.78, 5) is 17.9. The normalized spacial score (nSPS) is 14.6. The van der Waals surface area contributed by atoms with Gasteiger partial charge >= 0.3 is 0 Å². The SMILES string of the molecule is CCc1cccc(C(=O)NCc2c(CC)nc3c(cnn3CC)c2NC2CCOCC2)c1. The van der Waals surface area contributed by atoms with Crippen molar-refractivity contribution in [2.24, 2.45) is 0 Å². The number of hydrogen-bond donors (Lipinski definition) is 2. The fourth-order valence-corrected chi connectivity index (χ4v) is 4.30. The van der Waals surface area contributed by atoms with Gasteiger partial charge in [-0.15, -0.1) is 0 Å². The third kappa shape index (κ3) is 4.63. The molecule has 170 valence electrons. The van der Waals surface area contributed by atoms with E-state index >= 15 is 0 Å². The number of nitrogens with one attached hydrogen (secondary N) is 2. The number of nitrogens with zero attached hydrogens (tertiary/aromatic N) is 3. The lowest BCUT2D eigenvalue weighted by atomic mass is 10.0. The molecule has 1 aliphatic heterocycles. The van der Waals surface area contributed by atoms with Crippen molar-refractivity contribution in [3.05, 3.63) is 52.8 Å². The number of ether oxygens (including phenoxy) is 1. The fraction of sp³-hybridized carbons (Fsp3) is 0.480. The molecule has 4 rings (SSSR count). The van der Waals surface area contributed by atoms with Gasteiger partial charge in [0.2, 0.25) is 0 Å². The van der Waals surface area contributed by atoms with E-state index in [1.807, 2.05) is 35.1 Å². The highest BCUT2D eigenvalue weighted by molar-refractivity contribution is 5.95. The number of hydrogen-bond acceptors (Lipinski definition) is 5. The van der Waals surface area contributed by atoms with E-state index in [2.05, 4.69) is 36.5 Å². The van der Waals surface area contributed by atoms with Crippen molar-refractivity contribution < 1.29 is 9.53 Å². The van der Waals surface area contributed by atoms with Crippen molar-refractivity contribution in [1.82, 2.24) is 20.1 Å². The third-order valence-corrected chi connectivity index (χ3v) is 6.20. The molecular formula is C25H33N5O2. The van der Waals surface area contributed by atoms with Gasteiger partial charge in [0.15, 0.2) is 5.65 Å². The van der Waals surface area contributed by atoms with Crippen LogP contribution >= 0.6 is 0 Å². The maximum Gasteiger partial charge on any atom is 0.251 e. The summed E-state index contributed by atoms with van der Waals surface area (Å²) >= 11 is 0. The van der Waals surface area contributed by atoms with Crippen LogP contribution in [0.3, 0.4) is 0 Å². The van der Waals surface area contributed by atoms with Gasteiger partial charge in [-0.3, -0.25) is 4.79 Å². The molecule has 1 aliphatic rings. The Morgan fingerprint density at radius 2 is 2.00 bits per heavy atom. The minimum Gasteiger partial charge on any atom is -0.381 e. The van der Waals surface area contributed by atoms with Crippen molar-refractivity contribution in [3.63, 3.8) is 0 Å². The van der Waals surface area contributed by atoms with Crippen LogP contribution in [0.5, 0.6) is 0 Å². The molecular weight excluding hydrogens is 402 g/mol. The second-order valence-electron chi connectivity index (χ2n) is 8.23. The van der Waals surface area contributed by atoms with Gasteiger partial charge in [0.1, 0.15) is 0 Å². The molecule has 0 saturated carbocycles. The number of fused-ring (bicyclic) bond motifs is 1. The van der Waals surface area contributed by atoms with Gasteiger partial charge in [-0.05, 0) is 50.3 Å². The topological polar surface area (TPSA) is 81.1 Å². The summed E-state index contributed by atoms with van der Waals surface area (Å²) in [5, 5.41) is 12.5. The fourth-order valence-electron chi connectivity index (χ4n) is 4.30. The van der Waals surface area contributed by atoms with E-state index in [1.54, 1.807) is 0 Å². The predicted octanol–water partition coefficient (Wildman–Crippen LogP) is 4.10. The van der Waals surface area contributed by atoms with E-state index in [0.717, 1.165) is 79.0 Å². The first-order chi connectivity index (χ1) is 15.6. The molecule has 1 saturated heterocycles. The van der Waals surface area contributed by atoms with Crippen LogP contribution in [-0.2, 0) is 30.7 Å². The van der Waals surface area contributed by atoms with Gasteiger partial charge < -0.3 is 15.4 Å². The molecule has 32 heavy (non-hydrogen) atoms. The zero-order chi connectivity index (χ0) is 22.5. The van der Waals surface area contributed by atoms with Gasteiger partial charge in [0.25, 0.3) is 5.91 Å². The van der Waals surface area contributed by atoms with Crippen LogP contribution in [-0.4, -0.2) is 39.9 Å². The lowest BCUT2D eigenvalue weighted by molar-refractivity contribution is 0.0904. The van der Waals surface area contributed by atoms with Crippen molar-refractivity contribution >= 4 is 22.6 Å². The molecule has 0 radical (unpaired) electrons.